The molecule has 0 radical (unpaired) electrons. The summed E-state index contributed by atoms with van der Waals surface area (Å²) < 4.78 is 0. The van der Waals surface area contributed by atoms with E-state index in [0.29, 0.717) is 0 Å². The van der Waals surface area contributed by atoms with E-state index in [2.05, 4.69) is 6.58 Å². The fourth-order valence-electron chi connectivity index (χ4n) is 0.0873. The lowest BCUT2D eigenvalue weighted by Crippen LogP contribution is -1.92. The van der Waals surface area contributed by atoms with Gasteiger partial charge in [0.15, 0.2) is 0 Å². The maximum atomic E-state index is 9.81. The lowest BCUT2D eigenvalue weighted by Gasteiger charge is -1.87. The zero-order valence-electron chi connectivity index (χ0n) is 3.97. The molecular formula is C4H6O2S. The monoisotopic (exact) mass is 118 g/mol. The van der Waals surface area contributed by atoms with Gasteiger partial charge in [0.1, 0.15) is 0 Å². The van der Waals surface area contributed by atoms with Gasteiger partial charge in [0.2, 0.25) is 0 Å². The Hall–Kier alpha value is -0.440. The van der Waals surface area contributed by atoms with Crippen molar-refractivity contribution in [3.63, 3.8) is 0 Å². The molecule has 0 aromatic carbocycles. The third kappa shape index (κ3) is 2.28. The van der Waals surface area contributed by atoms with E-state index in [1.54, 1.807) is 6.26 Å². The average Bonchev–Trinajstić information content (AvgIpc) is 1.65. The van der Waals surface area contributed by atoms with Crippen molar-refractivity contribution in [2.75, 3.05) is 6.26 Å². The van der Waals surface area contributed by atoms with Crippen molar-refractivity contribution >= 4 is 17.7 Å². The van der Waals surface area contributed by atoms with Crippen molar-refractivity contribution in [1.82, 2.24) is 0 Å². The molecule has 0 aliphatic heterocycles. The Labute approximate surface area is 46.2 Å². The number of carbonyl (C=O) groups is 1. The summed E-state index contributed by atoms with van der Waals surface area (Å²) in [5.74, 6) is -0.937. The molecule has 0 unspecified atom stereocenters. The van der Waals surface area contributed by atoms with Gasteiger partial charge in [-0.05, 0) is 6.26 Å². The van der Waals surface area contributed by atoms with Gasteiger partial charge in [0, 0.05) is 0 Å². The minimum Gasteiger partial charge on any atom is -0.477 e. The van der Waals surface area contributed by atoms with Gasteiger partial charge in [-0.2, -0.15) is 0 Å². The van der Waals surface area contributed by atoms with E-state index in [1.807, 2.05) is 0 Å². The van der Waals surface area contributed by atoms with Crippen LogP contribution in [0.5, 0.6) is 0 Å². The van der Waals surface area contributed by atoms with Gasteiger partial charge in [-0.25, -0.2) is 4.79 Å². The summed E-state index contributed by atoms with van der Waals surface area (Å²) in [6, 6.07) is 0. The Bertz CT molecular complexity index is 97.9. The molecule has 7 heavy (non-hydrogen) atoms. The smallest absolute Gasteiger partial charge is 0.341 e. The van der Waals surface area contributed by atoms with Crippen molar-refractivity contribution in [3.05, 3.63) is 11.5 Å². The highest BCUT2D eigenvalue weighted by atomic mass is 32.2. The van der Waals surface area contributed by atoms with Crippen LogP contribution >= 0.6 is 11.8 Å². The first kappa shape index (κ1) is 6.56. The molecule has 0 atom stereocenters. The van der Waals surface area contributed by atoms with Gasteiger partial charge in [-0.15, -0.1) is 11.8 Å². The number of hydrogen-bond donors (Lipinski definition) is 1. The third-order valence-corrected chi connectivity index (χ3v) is 1.15. The molecule has 0 aliphatic carbocycles. The van der Waals surface area contributed by atoms with Crippen LogP contribution in [0.4, 0.5) is 0 Å². The summed E-state index contributed by atoms with van der Waals surface area (Å²) in [6.45, 7) is 3.24. The second-order valence-corrected chi connectivity index (χ2v) is 1.83. The molecule has 0 aliphatic rings. The van der Waals surface area contributed by atoms with E-state index in [9.17, 15) is 4.79 Å². The zero-order valence-corrected chi connectivity index (χ0v) is 4.79. The largest absolute Gasteiger partial charge is 0.477 e. The summed E-state index contributed by atoms with van der Waals surface area (Å²) in [6.07, 6.45) is 1.68. The van der Waals surface area contributed by atoms with Gasteiger partial charge in [-0.1, -0.05) is 6.58 Å². The summed E-state index contributed by atoms with van der Waals surface area (Å²) in [7, 11) is 0. The summed E-state index contributed by atoms with van der Waals surface area (Å²) >= 11 is 1.14. The minimum atomic E-state index is -0.937. The third-order valence-electron chi connectivity index (χ3n) is 0.485. The average molecular weight is 118 g/mol. The minimum absolute atomic E-state index is 0.181. The van der Waals surface area contributed by atoms with Crippen LogP contribution in [0.25, 0.3) is 0 Å². The van der Waals surface area contributed by atoms with Crippen LogP contribution < -0.4 is 0 Å². The molecule has 0 amide bonds. The highest BCUT2D eigenvalue weighted by molar-refractivity contribution is 8.03. The molecule has 0 saturated carbocycles. The fourth-order valence-corrected chi connectivity index (χ4v) is 0.262. The van der Waals surface area contributed by atoms with Gasteiger partial charge in [0.05, 0.1) is 4.91 Å². The molecule has 0 spiro atoms. The zero-order chi connectivity index (χ0) is 5.86. The first-order valence-electron chi connectivity index (χ1n) is 1.64. The van der Waals surface area contributed by atoms with Crippen LogP contribution in [0.1, 0.15) is 0 Å². The lowest BCUT2D eigenvalue weighted by atomic mass is 10.7. The molecule has 0 fully saturated rings. The first-order valence-corrected chi connectivity index (χ1v) is 2.87. The molecule has 0 heterocycles. The maximum Gasteiger partial charge on any atom is 0.341 e. The van der Waals surface area contributed by atoms with Crippen LogP contribution in [0, 0.1) is 0 Å². The Balaban J connectivity index is 3.58. The molecule has 0 bridgehead atoms. The topological polar surface area (TPSA) is 37.3 Å². The van der Waals surface area contributed by atoms with Crippen LogP contribution in [-0.4, -0.2) is 17.3 Å². The van der Waals surface area contributed by atoms with Gasteiger partial charge >= 0.3 is 5.97 Å². The molecule has 0 aromatic heterocycles. The quantitative estimate of drug-likeness (QED) is 0.548. The van der Waals surface area contributed by atoms with Gasteiger partial charge < -0.3 is 5.11 Å². The van der Waals surface area contributed by atoms with Gasteiger partial charge in [0.25, 0.3) is 0 Å². The Morgan fingerprint density at radius 3 is 2.29 bits per heavy atom. The number of aliphatic carboxylic acids is 1. The van der Waals surface area contributed by atoms with E-state index in [-0.39, 0.29) is 4.91 Å². The summed E-state index contributed by atoms with van der Waals surface area (Å²) in [5, 5.41) is 8.06. The first-order chi connectivity index (χ1) is 3.18. The van der Waals surface area contributed by atoms with Crippen LogP contribution in [-0.2, 0) is 4.79 Å². The fraction of sp³-hybridized carbons (Fsp3) is 0.250. The standard InChI is InChI=1S/C4H6O2S/c1-3(7-2)4(5)6/h1H2,2H3,(H,5,6). The summed E-state index contributed by atoms with van der Waals surface area (Å²) in [5.41, 5.74) is 0. The normalized spacial score (nSPS) is 8.14. The van der Waals surface area contributed by atoms with E-state index < -0.39 is 5.97 Å². The van der Waals surface area contributed by atoms with Crippen LogP contribution in [0.2, 0.25) is 0 Å². The van der Waals surface area contributed by atoms with Crippen molar-refractivity contribution in [2.24, 2.45) is 0 Å². The highest BCUT2D eigenvalue weighted by Crippen LogP contribution is 2.06. The molecule has 40 valence electrons. The van der Waals surface area contributed by atoms with E-state index >= 15 is 0 Å². The second kappa shape index (κ2) is 2.69. The molecule has 0 rings (SSSR count). The van der Waals surface area contributed by atoms with Crippen LogP contribution in [0.15, 0.2) is 11.5 Å². The SMILES string of the molecule is C=C(SC)C(=O)O. The lowest BCUT2D eigenvalue weighted by molar-refractivity contribution is -0.131. The molecule has 1 N–H and O–H groups in total. The van der Waals surface area contributed by atoms with E-state index in [1.165, 1.54) is 0 Å². The summed E-state index contributed by atoms with van der Waals surface area (Å²) in [4.78, 5) is 9.99. The maximum absolute atomic E-state index is 9.81. The molecule has 0 aromatic rings. The number of hydrogen-bond acceptors (Lipinski definition) is 2. The van der Waals surface area contributed by atoms with E-state index in [0.717, 1.165) is 11.8 Å². The number of carboxylic acid groups (broad SMARTS) is 1. The predicted octanol–water partition coefficient (Wildman–Crippen LogP) is 0.948. The van der Waals surface area contributed by atoms with Crippen molar-refractivity contribution < 1.29 is 9.90 Å². The highest BCUT2D eigenvalue weighted by Gasteiger charge is 1.97. The Morgan fingerprint density at radius 1 is 1.86 bits per heavy atom. The Kier molecular flexibility index (Phi) is 2.52. The van der Waals surface area contributed by atoms with E-state index in [4.69, 9.17) is 5.11 Å². The van der Waals surface area contributed by atoms with Crippen molar-refractivity contribution in [1.29, 1.82) is 0 Å². The molecule has 3 heteroatoms. The Morgan fingerprint density at radius 2 is 2.29 bits per heavy atom. The number of carboxylic acids is 1. The van der Waals surface area contributed by atoms with Crippen molar-refractivity contribution in [2.45, 2.75) is 0 Å². The predicted molar refractivity (Wildman–Crippen MR) is 30.3 cm³/mol. The number of thioether (sulfide) groups is 1. The van der Waals surface area contributed by atoms with Gasteiger partial charge in [-0.3, -0.25) is 0 Å². The van der Waals surface area contributed by atoms with Crippen LogP contribution in [0.3, 0.4) is 0 Å². The van der Waals surface area contributed by atoms with Crippen molar-refractivity contribution in [3.8, 4) is 0 Å². The second-order valence-electron chi connectivity index (χ2n) is 0.932. The number of rotatable bonds is 2. The molecular weight excluding hydrogens is 112 g/mol. The molecule has 0 saturated heterocycles. The molecule has 2 nitrogen and oxygen atoms in total.